The molecule has 8 heteroatoms. The van der Waals surface area contributed by atoms with E-state index >= 15 is 0 Å². The normalized spacial score (nSPS) is 19.3. The molecule has 1 unspecified atom stereocenters. The number of nitrogens with zero attached hydrogens (tertiary/aromatic N) is 1. The first kappa shape index (κ1) is 19.0. The highest BCUT2D eigenvalue weighted by atomic mass is 35.5. The van der Waals surface area contributed by atoms with E-state index in [0.29, 0.717) is 22.2 Å². The summed E-state index contributed by atoms with van der Waals surface area (Å²) < 4.78 is 0.584. The zero-order valence-electron chi connectivity index (χ0n) is 15.1. The van der Waals surface area contributed by atoms with Gasteiger partial charge in [0.05, 0.1) is 21.5 Å². The zero-order chi connectivity index (χ0) is 19.5. The van der Waals surface area contributed by atoms with E-state index in [1.807, 2.05) is 35.2 Å². The number of hydroxylamine groups is 1. The van der Waals surface area contributed by atoms with Crippen LogP contribution >= 0.6 is 22.9 Å². The van der Waals surface area contributed by atoms with E-state index in [2.05, 4.69) is 10.8 Å². The van der Waals surface area contributed by atoms with Crippen molar-refractivity contribution in [3.05, 3.63) is 57.3 Å². The maximum atomic E-state index is 12.1. The number of carbonyl (C=O) groups excluding carboxylic acids is 2. The summed E-state index contributed by atoms with van der Waals surface area (Å²) in [5.41, 5.74) is 5.64. The van der Waals surface area contributed by atoms with Crippen LogP contribution in [-0.2, 0) is 9.63 Å². The van der Waals surface area contributed by atoms with Crippen LogP contribution in [0.2, 0.25) is 4.34 Å². The zero-order valence-corrected chi connectivity index (χ0v) is 16.7. The monoisotopic (exact) mass is 417 g/mol. The van der Waals surface area contributed by atoms with E-state index in [4.69, 9.17) is 16.4 Å². The van der Waals surface area contributed by atoms with Crippen molar-refractivity contribution in [3.63, 3.8) is 0 Å². The predicted octanol–water partition coefficient (Wildman–Crippen LogP) is 3.59. The molecule has 2 N–H and O–H groups in total. The molecule has 0 radical (unpaired) electrons. The van der Waals surface area contributed by atoms with Gasteiger partial charge in [-0.3, -0.25) is 19.9 Å². The first-order valence-corrected chi connectivity index (χ1v) is 10.4. The van der Waals surface area contributed by atoms with Crippen LogP contribution in [0.1, 0.15) is 34.5 Å². The number of halogens is 1. The highest BCUT2D eigenvalue weighted by Gasteiger charge is 2.21. The Morgan fingerprint density at radius 2 is 2.07 bits per heavy atom. The summed E-state index contributed by atoms with van der Waals surface area (Å²) >= 11 is 7.10. The van der Waals surface area contributed by atoms with Gasteiger partial charge in [0.25, 0.3) is 5.91 Å². The summed E-state index contributed by atoms with van der Waals surface area (Å²) in [6.07, 6.45) is 4.30. The van der Waals surface area contributed by atoms with Crippen molar-refractivity contribution >= 4 is 46.1 Å². The van der Waals surface area contributed by atoms with Gasteiger partial charge in [0.1, 0.15) is 6.10 Å². The Balaban J connectivity index is 1.36. The first-order chi connectivity index (χ1) is 13.6. The van der Waals surface area contributed by atoms with Gasteiger partial charge in [-0.05, 0) is 48.7 Å². The van der Waals surface area contributed by atoms with Crippen LogP contribution in [0, 0.1) is 0 Å². The lowest BCUT2D eigenvalue weighted by Gasteiger charge is -2.26. The molecule has 0 bridgehead atoms. The number of amides is 2. The summed E-state index contributed by atoms with van der Waals surface area (Å²) in [4.78, 5) is 32.1. The third-order valence-electron chi connectivity index (χ3n) is 4.75. The molecule has 28 heavy (non-hydrogen) atoms. The Morgan fingerprint density at radius 1 is 1.25 bits per heavy atom. The minimum atomic E-state index is -0.266. The van der Waals surface area contributed by atoms with Gasteiger partial charge < -0.3 is 10.2 Å². The quantitative estimate of drug-likeness (QED) is 0.779. The number of nitrogens with one attached hydrogen (secondary N) is 2. The lowest BCUT2D eigenvalue weighted by molar-refractivity contribution is -0.119. The van der Waals surface area contributed by atoms with Gasteiger partial charge in [0.2, 0.25) is 5.91 Å². The van der Waals surface area contributed by atoms with Gasteiger partial charge >= 0.3 is 0 Å². The molecule has 146 valence electrons. The smallest absolute Gasteiger partial charge is 0.261 e. The van der Waals surface area contributed by atoms with E-state index < -0.39 is 0 Å². The van der Waals surface area contributed by atoms with Crippen LogP contribution in [-0.4, -0.2) is 31.0 Å². The van der Waals surface area contributed by atoms with Crippen molar-refractivity contribution in [1.29, 1.82) is 0 Å². The third kappa shape index (κ3) is 4.22. The minimum Gasteiger partial charge on any atom is -0.348 e. The molecular weight excluding hydrogens is 398 g/mol. The number of rotatable bonds is 5. The standard InChI is InChI=1S/C20H20ClN3O3S/c21-18-9-8-17(28-18)20(26)22-12-15-11-16(23-27-15)13-4-6-14(7-5-13)24-10-2-1-3-19(24)25/h4-9,11,15,23H,1-3,10,12H2,(H,22,26). The number of benzene rings is 1. The van der Waals surface area contributed by atoms with E-state index in [0.717, 1.165) is 36.3 Å². The van der Waals surface area contributed by atoms with Crippen molar-refractivity contribution < 1.29 is 14.4 Å². The van der Waals surface area contributed by atoms with Gasteiger partial charge in [-0.1, -0.05) is 23.7 Å². The summed E-state index contributed by atoms with van der Waals surface area (Å²) in [5, 5.41) is 2.84. The van der Waals surface area contributed by atoms with Crippen LogP contribution in [0.3, 0.4) is 0 Å². The fourth-order valence-electron chi connectivity index (χ4n) is 3.27. The lowest BCUT2D eigenvalue weighted by Crippen LogP contribution is -2.35. The Hall–Kier alpha value is -2.35. The van der Waals surface area contributed by atoms with Gasteiger partial charge in [-0.15, -0.1) is 11.3 Å². The Morgan fingerprint density at radius 3 is 2.79 bits per heavy atom. The van der Waals surface area contributed by atoms with Crippen molar-refractivity contribution in [2.75, 3.05) is 18.0 Å². The summed E-state index contributed by atoms with van der Waals surface area (Å²) in [7, 11) is 0. The second-order valence-electron chi connectivity index (χ2n) is 6.70. The molecule has 3 heterocycles. The number of piperidine rings is 1. The van der Waals surface area contributed by atoms with Crippen LogP contribution < -0.4 is 15.7 Å². The van der Waals surface area contributed by atoms with Crippen molar-refractivity contribution in [2.45, 2.75) is 25.4 Å². The second kappa shape index (κ2) is 8.34. The molecule has 1 aromatic heterocycles. The van der Waals surface area contributed by atoms with Crippen LogP contribution in [0.4, 0.5) is 5.69 Å². The maximum Gasteiger partial charge on any atom is 0.261 e. The first-order valence-electron chi connectivity index (χ1n) is 9.18. The molecule has 1 aromatic carbocycles. The molecule has 2 aliphatic heterocycles. The molecular formula is C20H20ClN3O3S. The maximum absolute atomic E-state index is 12.1. The summed E-state index contributed by atoms with van der Waals surface area (Å²) in [5.74, 6) is 0.0151. The lowest BCUT2D eigenvalue weighted by atomic mass is 10.1. The molecule has 0 spiro atoms. The highest BCUT2D eigenvalue weighted by molar-refractivity contribution is 7.17. The Labute approximate surface area is 172 Å². The molecule has 4 rings (SSSR count). The fraction of sp³-hybridized carbons (Fsp3) is 0.300. The van der Waals surface area contributed by atoms with E-state index in [1.54, 1.807) is 12.1 Å². The van der Waals surface area contributed by atoms with Crippen LogP contribution in [0.15, 0.2) is 42.5 Å². The van der Waals surface area contributed by atoms with Crippen molar-refractivity contribution in [3.8, 4) is 0 Å². The molecule has 0 aliphatic carbocycles. The van der Waals surface area contributed by atoms with Gasteiger partial charge in [0, 0.05) is 18.7 Å². The Bertz CT molecular complexity index is 910. The third-order valence-corrected chi connectivity index (χ3v) is 5.98. The van der Waals surface area contributed by atoms with Crippen molar-refractivity contribution in [1.82, 2.24) is 10.8 Å². The number of hydrogen-bond donors (Lipinski definition) is 2. The average molecular weight is 418 g/mol. The van der Waals surface area contributed by atoms with Gasteiger partial charge in [0.15, 0.2) is 0 Å². The molecule has 6 nitrogen and oxygen atoms in total. The molecule has 2 aliphatic rings. The molecule has 1 saturated heterocycles. The molecule has 1 atom stereocenters. The molecule has 1 fully saturated rings. The van der Waals surface area contributed by atoms with Gasteiger partial charge in [-0.2, -0.15) is 0 Å². The number of anilines is 1. The van der Waals surface area contributed by atoms with Gasteiger partial charge in [-0.25, -0.2) is 0 Å². The van der Waals surface area contributed by atoms with E-state index in [9.17, 15) is 9.59 Å². The number of thiophene rings is 1. The van der Waals surface area contributed by atoms with E-state index in [-0.39, 0.29) is 17.9 Å². The van der Waals surface area contributed by atoms with Crippen LogP contribution in [0.25, 0.3) is 5.70 Å². The predicted molar refractivity (Wildman–Crippen MR) is 110 cm³/mol. The number of carbonyl (C=O) groups is 2. The molecule has 2 aromatic rings. The van der Waals surface area contributed by atoms with E-state index in [1.165, 1.54) is 11.3 Å². The topological polar surface area (TPSA) is 70.7 Å². The molecule has 2 amide bonds. The van der Waals surface area contributed by atoms with Crippen molar-refractivity contribution in [2.24, 2.45) is 0 Å². The molecule has 0 saturated carbocycles. The summed E-state index contributed by atoms with van der Waals surface area (Å²) in [6, 6.07) is 11.2. The Kier molecular flexibility index (Phi) is 5.66. The largest absolute Gasteiger partial charge is 0.348 e. The average Bonchev–Trinajstić information content (AvgIpc) is 3.36. The second-order valence-corrected chi connectivity index (χ2v) is 8.42. The highest BCUT2D eigenvalue weighted by Crippen LogP contribution is 2.25. The number of hydrogen-bond acceptors (Lipinski definition) is 5. The minimum absolute atomic E-state index is 0.169. The SMILES string of the molecule is O=C(NCC1C=C(c2ccc(N3CCCCC3=O)cc2)NO1)c1ccc(Cl)s1. The van der Waals surface area contributed by atoms with Crippen LogP contribution in [0.5, 0.6) is 0 Å². The summed E-state index contributed by atoms with van der Waals surface area (Å²) in [6.45, 7) is 1.13. The fourth-order valence-corrected chi connectivity index (χ4v) is 4.22.